The van der Waals surface area contributed by atoms with Crippen LogP contribution in [0, 0.1) is 29.6 Å². The molecule has 0 radical (unpaired) electrons. The fourth-order valence-electron chi connectivity index (χ4n) is 9.37. The second-order valence-electron chi connectivity index (χ2n) is 15.5. The number of aliphatic imine (C=N–C) groups is 1. The molecule has 3 N–H and O–H groups in total. The molecule has 57 heavy (non-hydrogen) atoms. The van der Waals surface area contributed by atoms with Crippen molar-refractivity contribution < 1.29 is 23.9 Å². The second-order valence-corrected chi connectivity index (χ2v) is 15.9. The number of likely N-dealkylation sites (tertiary alicyclic amines) is 1. The molecule has 4 heterocycles. The van der Waals surface area contributed by atoms with E-state index in [0.717, 1.165) is 83.6 Å². The van der Waals surface area contributed by atoms with Gasteiger partial charge >= 0.3 is 5.97 Å². The van der Waals surface area contributed by atoms with Crippen molar-refractivity contribution in [2.75, 3.05) is 26.2 Å². The number of nitrogens with zero attached hydrogens (tertiary/aromatic N) is 5. The molecule has 2 saturated carbocycles. The third-order valence-electron chi connectivity index (χ3n) is 12.4. The Morgan fingerprint density at radius 2 is 1.63 bits per heavy atom. The van der Waals surface area contributed by atoms with E-state index in [-0.39, 0.29) is 41.3 Å². The van der Waals surface area contributed by atoms with Gasteiger partial charge in [-0.15, -0.1) is 0 Å². The van der Waals surface area contributed by atoms with Crippen LogP contribution in [0.1, 0.15) is 69.3 Å². The van der Waals surface area contributed by atoms with Crippen molar-refractivity contribution in [1.29, 1.82) is 0 Å². The molecule has 14 heteroatoms. The van der Waals surface area contributed by atoms with Crippen LogP contribution >= 0.6 is 11.6 Å². The van der Waals surface area contributed by atoms with E-state index >= 15 is 0 Å². The minimum Gasteiger partial charge on any atom is -0.469 e. The van der Waals surface area contributed by atoms with E-state index in [2.05, 4.69) is 74.3 Å². The first kappa shape index (κ1) is 38.5. The number of carbonyl (C=O) groups excluding carboxylic acids is 3. The number of esters is 1. The van der Waals surface area contributed by atoms with Crippen LogP contribution < -0.4 is 10.9 Å². The van der Waals surface area contributed by atoms with E-state index in [9.17, 15) is 14.4 Å². The number of ether oxygens (including phenoxy) is 2. The SMILES string of the molecule is COC(=O)C[C@H](C(=O)N1CCC[C@H]1c1ncc(-c2ccc(-c3ccc(C4=CN=C(C5C6CCC(C6)[C@H]5C(=O)NNc5nccnc5Cl)C4)cc3)cc2)[nH]1)[C@@H](C)OC. The summed E-state index contributed by atoms with van der Waals surface area (Å²) >= 11 is 6.13. The number of aromatic nitrogens is 4. The molecule has 7 atom stereocenters. The summed E-state index contributed by atoms with van der Waals surface area (Å²) in [5.74, 6) is 0.542. The van der Waals surface area contributed by atoms with Gasteiger partial charge in [-0.25, -0.2) is 15.0 Å². The molecule has 4 aliphatic rings. The molecule has 2 bridgehead atoms. The number of H-pyrrole nitrogens is 1. The molecule has 3 unspecified atom stereocenters. The topological polar surface area (TPSA) is 164 Å². The van der Waals surface area contributed by atoms with Gasteiger partial charge in [0, 0.05) is 50.3 Å². The summed E-state index contributed by atoms with van der Waals surface area (Å²) in [6, 6.07) is 16.7. The van der Waals surface area contributed by atoms with E-state index < -0.39 is 18.0 Å². The Labute approximate surface area is 336 Å². The van der Waals surface area contributed by atoms with Crippen LogP contribution in [-0.4, -0.2) is 75.2 Å². The van der Waals surface area contributed by atoms with Crippen molar-refractivity contribution in [3.8, 4) is 22.4 Å². The Balaban J connectivity index is 0.889. The Kier molecular flexibility index (Phi) is 11.2. The molecule has 2 aliphatic heterocycles. The lowest BCUT2D eigenvalue weighted by Crippen LogP contribution is -2.43. The highest BCUT2D eigenvalue weighted by Gasteiger charge is 2.53. The normalized spacial score (nSPS) is 23.5. The molecule has 2 aromatic heterocycles. The molecular formula is C43H47ClN8O5. The Morgan fingerprint density at radius 1 is 0.930 bits per heavy atom. The number of benzene rings is 2. The summed E-state index contributed by atoms with van der Waals surface area (Å²) in [4.78, 5) is 62.4. The van der Waals surface area contributed by atoms with Crippen LogP contribution in [-0.2, 0) is 23.9 Å². The monoisotopic (exact) mass is 790 g/mol. The van der Waals surface area contributed by atoms with Gasteiger partial charge in [-0.1, -0.05) is 60.1 Å². The molecular weight excluding hydrogens is 744 g/mol. The van der Waals surface area contributed by atoms with Crippen LogP contribution in [0.5, 0.6) is 0 Å². The van der Waals surface area contributed by atoms with Gasteiger partial charge in [0.15, 0.2) is 11.0 Å². The molecule has 13 nitrogen and oxygen atoms in total. The van der Waals surface area contributed by atoms with Crippen LogP contribution in [0.4, 0.5) is 5.82 Å². The maximum Gasteiger partial charge on any atom is 0.306 e. The molecule has 2 aliphatic carbocycles. The largest absolute Gasteiger partial charge is 0.469 e. The van der Waals surface area contributed by atoms with Crippen molar-refractivity contribution in [3.63, 3.8) is 0 Å². The zero-order valence-corrected chi connectivity index (χ0v) is 33.0. The van der Waals surface area contributed by atoms with Crippen molar-refractivity contribution in [3.05, 3.63) is 89.9 Å². The lowest BCUT2D eigenvalue weighted by molar-refractivity contribution is -0.151. The number of hydrogen-bond acceptors (Lipinski definition) is 10. The van der Waals surface area contributed by atoms with Gasteiger partial charge in [0.05, 0.1) is 49.4 Å². The van der Waals surface area contributed by atoms with Crippen LogP contribution in [0.25, 0.3) is 28.0 Å². The zero-order valence-electron chi connectivity index (χ0n) is 32.3. The molecule has 1 saturated heterocycles. The van der Waals surface area contributed by atoms with Crippen molar-refractivity contribution in [2.24, 2.45) is 34.6 Å². The van der Waals surface area contributed by atoms with Crippen molar-refractivity contribution in [1.82, 2.24) is 30.3 Å². The summed E-state index contributed by atoms with van der Waals surface area (Å²) in [5, 5.41) is 0.202. The predicted molar refractivity (Wildman–Crippen MR) is 216 cm³/mol. The molecule has 4 aromatic rings. The van der Waals surface area contributed by atoms with E-state index in [1.807, 2.05) is 17.3 Å². The number of halogens is 1. The number of aromatic amines is 1. The number of allylic oxidation sites excluding steroid dienone is 1. The summed E-state index contributed by atoms with van der Waals surface area (Å²) < 4.78 is 10.3. The van der Waals surface area contributed by atoms with E-state index in [4.69, 9.17) is 31.1 Å². The number of nitrogens with one attached hydrogen (secondary N) is 3. The standard InChI is InChI=1S/C43H47ClN8O5/c1-24(56-2)32(21-36(53)57-3)43(55)52-18-4-5-35(52)40-48-23-34(49-40)28-12-10-26(11-13-28)25-6-8-27(9-7-25)31-20-33(47-22-31)37-29-14-15-30(19-29)38(37)42(54)51-50-41-39(44)45-16-17-46-41/h6-13,16-17,22-24,29-30,32,35,37-38H,4-5,14-15,18-21H2,1-3H3,(H,46,50)(H,48,49)(H,51,54)/t24-,29?,30?,32+,35+,37?,38-/m1/s1. The highest BCUT2D eigenvalue weighted by atomic mass is 35.5. The fraction of sp³-hybridized carbons (Fsp3) is 0.419. The van der Waals surface area contributed by atoms with Crippen molar-refractivity contribution in [2.45, 2.75) is 64.0 Å². The first-order valence-electron chi connectivity index (χ1n) is 19.7. The van der Waals surface area contributed by atoms with E-state index in [1.165, 1.54) is 19.5 Å². The van der Waals surface area contributed by atoms with Gasteiger partial charge in [0.25, 0.3) is 0 Å². The summed E-state index contributed by atoms with van der Waals surface area (Å²) in [7, 11) is 2.87. The maximum absolute atomic E-state index is 13.7. The summed E-state index contributed by atoms with van der Waals surface area (Å²) in [6.07, 6.45) is 11.9. The lowest BCUT2D eigenvalue weighted by atomic mass is 9.75. The zero-order chi connectivity index (χ0) is 39.6. The van der Waals surface area contributed by atoms with Gasteiger partial charge in [0.2, 0.25) is 11.8 Å². The average Bonchev–Trinajstić information content (AvgIpc) is 4.10. The number of anilines is 1. The van der Waals surface area contributed by atoms with Gasteiger partial charge < -0.3 is 19.4 Å². The van der Waals surface area contributed by atoms with Gasteiger partial charge in [-0.2, -0.15) is 0 Å². The summed E-state index contributed by atoms with van der Waals surface area (Å²) in [6.45, 7) is 2.39. The molecule has 2 amide bonds. The number of imidazole rings is 1. The fourth-order valence-corrected chi connectivity index (χ4v) is 9.52. The smallest absolute Gasteiger partial charge is 0.306 e. The van der Waals surface area contributed by atoms with Crippen molar-refractivity contribution >= 4 is 46.5 Å². The number of methoxy groups -OCH3 is 2. The lowest BCUT2D eigenvalue weighted by Gasteiger charge is -2.30. The maximum atomic E-state index is 13.7. The molecule has 3 fully saturated rings. The number of amides is 2. The van der Waals surface area contributed by atoms with Crippen LogP contribution in [0.15, 0.2) is 78.3 Å². The molecule has 296 valence electrons. The first-order valence-corrected chi connectivity index (χ1v) is 20.0. The first-order chi connectivity index (χ1) is 27.7. The second kappa shape index (κ2) is 16.6. The predicted octanol–water partition coefficient (Wildman–Crippen LogP) is 7.06. The Morgan fingerprint density at radius 3 is 2.35 bits per heavy atom. The number of hydrogen-bond donors (Lipinski definition) is 3. The average molecular weight is 791 g/mol. The van der Waals surface area contributed by atoms with Gasteiger partial charge in [-0.05, 0) is 78.7 Å². The number of rotatable bonds is 13. The number of carbonyl (C=O) groups is 3. The van der Waals surface area contributed by atoms with E-state index in [0.29, 0.717) is 24.2 Å². The quantitative estimate of drug-likeness (QED) is 0.0951. The highest BCUT2D eigenvalue weighted by Crippen LogP contribution is 2.54. The molecule has 0 spiro atoms. The third-order valence-corrected chi connectivity index (χ3v) is 12.7. The number of hydrazine groups is 1. The molecule has 2 aromatic carbocycles. The minimum atomic E-state index is -0.638. The summed E-state index contributed by atoms with van der Waals surface area (Å²) in [5.41, 5.74) is 13.1. The highest BCUT2D eigenvalue weighted by molar-refractivity contribution is 6.31. The van der Waals surface area contributed by atoms with Gasteiger partial charge in [0.1, 0.15) is 5.82 Å². The minimum absolute atomic E-state index is 0.0372. The third kappa shape index (κ3) is 7.82. The Hall–Kier alpha value is -5.40. The molecule has 8 rings (SSSR count). The van der Waals surface area contributed by atoms with Crippen LogP contribution in [0.3, 0.4) is 0 Å². The Bertz CT molecular complexity index is 2190. The number of fused-ring (bicyclic) bond motifs is 2. The van der Waals surface area contributed by atoms with E-state index in [1.54, 1.807) is 14.0 Å². The van der Waals surface area contributed by atoms with Crippen LogP contribution in [0.2, 0.25) is 5.15 Å². The van der Waals surface area contributed by atoms with Gasteiger partial charge in [-0.3, -0.25) is 30.2 Å².